The van der Waals surface area contributed by atoms with Gasteiger partial charge in [-0.1, -0.05) is 6.07 Å². The molecule has 2 aliphatic rings. The molecule has 6 heteroatoms. The lowest BCUT2D eigenvalue weighted by Crippen LogP contribution is -2.38. The summed E-state index contributed by atoms with van der Waals surface area (Å²) in [6.45, 7) is 5.93. The van der Waals surface area contributed by atoms with E-state index in [-0.39, 0.29) is 5.91 Å². The Morgan fingerprint density at radius 1 is 1.43 bits per heavy atom. The van der Waals surface area contributed by atoms with E-state index in [0.717, 1.165) is 29.7 Å². The maximum Gasteiger partial charge on any atom is 0.271 e. The fourth-order valence-electron chi connectivity index (χ4n) is 3.20. The molecule has 5 nitrogen and oxygen atoms in total. The molecule has 1 aliphatic heterocycles. The van der Waals surface area contributed by atoms with Crippen LogP contribution in [0.4, 0.5) is 0 Å². The number of nitrogens with zero attached hydrogens (tertiary/aromatic N) is 3. The number of nitrogens with one attached hydrogen (secondary N) is 1. The normalized spacial score (nSPS) is 21.2. The Kier molecular flexibility index (Phi) is 3.95. The summed E-state index contributed by atoms with van der Waals surface area (Å²) in [6.07, 6.45) is 4.64. The molecular weight excluding hydrogens is 308 g/mol. The SMILES string of the molecule is CC1c2nc(C(=O)NCc3cccs3)cn2CCN1CC1CC1. The van der Waals surface area contributed by atoms with E-state index >= 15 is 0 Å². The van der Waals surface area contributed by atoms with Crippen molar-refractivity contribution < 1.29 is 4.79 Å². The molecule has 4 rings (SSSR count). The van der Waals surface area contributed by atoms with E-state index in [2.05, 4.69) is 26.7 Å². The lowest BCUT2D eigenvalue weighted by atomic mass is 10.2. The summed E-state index contributed by atoms with van der Waals surface area (Å²) in [7, 11) is 0. The number of carbonyl (C=O) groups is 1. The molecule has 23 heavy (non-hydrogen) atoms. The van der Waals surface area contributed by atoms with Crippen LogP contribution in [-0.2, 0) is 13.1 Å². The van der Waals surface area contributed by atoms with Crippen molar-refractivity contribution in [2.45, 2.75) is 38.9 Å². The highest BCUT2D eigenvalue weighted by Gasteiger charge is 2.32. The molecule has 1 saturated carbocycles. The van der Waals surface area contributed by atoms with Crippen LogP contribution in [0.2, 0.25) is 0 Å². The predicted octanol–water partition coefficient (Wildman–Crippen LogP) is 2.66. The Morgan fingerprint density at radius 3 is 3.04 bits per heavy atom. The van der Waals surface area contributed by atoms with Gasteiger partial charge in [-0.15, -0.1) is 11.3 Å². The Balaban J connectivity index is 1.43. The van der Waals surface area contributed by atoms with Gasteiger partial charge in [0.25, 0.3) is 5.91 Å². The largest absolute Gasteiger partial charge is 0.346 e. The highest BCUT2D eigenvalue weighted by Crippen LogP contribution is 2.33. The van der Waals surface area contributed by atoms with Crippen LogP contribution in [0.5, 0.6) is 0 Å². The molecule has 3 heterocycles. The molecule has 1 amide bonds. The van der Waals surface area contributed by atoms with Gasteiger partial charge in [0.2, 0.25) is 0 Å². The third-order valence-corrected chi connectivity index (χ3v) is 5.66. The van der Waals surface area contributed by atoms with Crippen LogP contribution in [0.3, 0.4) is 0 Å². The first-order valence-corrected chi connectivity index (χ1v) is 9.20. The lowest BCUT2D eigenvalue weighted by Gasteiger charge is -2.33. The lowest BCUT2D eigenvalue weighted by molar-refractivity contribution is 0.0946. The van der Waals surface area contributed by atoms with Crippen molar-refractivity contribution in [2.24, 2.45) is 5.92 Å². The maximum absolute atomic E-state index is 12.3. The van der Waals surface area contributed by atoms with Crippen molar-refractivity contribution in [1.29, 1.82) is 0 Å². The number of fused-ring (bicyclic) bond motifs is 1. The summed E-state index contributed by atoms with van der Waals surface area (Å²) in [6, 6.07) is 4.32. The summed E-state index contributed by atoms with van der Waals surface area (Å²) < 4.78 is 2.15. The number of thiophene rings is 1. The molecule has 122 valence electrons. The molecule has 2 aromatic heterocycles. The van der Waals surface area contributed by atoms with Gasteiger partial charge < -0.3 is 9.88 Å². The summed E-state index contributed by atoms with van der Waals surface area (Å²) in [5, 5.41) is 4.98. The quantitative estimate of drug-likeness (QED) is 0.917. The second-order valence-corrected chi connectivity index (χ2v) is 7.59. The van der Waals surface area contributed by atoms with Crippen LogP contribution in [-0.4, -0.2) is 33.4 Å². The van der Waals surface area contributed by atoms with Crippen molar-refractivity contribution in [3.05, 3.63) is 40.1 Å². The van der Waals surface area contributed by atoms with Crippen molar-refractivity contribution in [2.75, 3.05) is 13.1 Å². The number of imidazole rings is 1. The molecular formula is C17H22N4OS. The van der Waals surface area contributed by atoms with Gasteiger partial charge in [-0.05, 0) is 37.1 Å². The van der Waals surface area contributed by atoms with Crippen LogP contribution in [0.15, 0.2) is 23.7 Å². The van der Waals surface area contributed by atoms with Crippen LogP contribution >= 0.6 is 11.3 Å². The number of amides is 1. The maximum atomic E-state index is 12.3. The average molecular weight is 330 g/mol. The summed E-state index contributed by atoms with van der Waals surface area (Å²) >= 11 is 1.65. The van der Waals surface area contributed by atoms with Gasteiger partial charge in [0.15, 0.2) is 0 Å². The molecule has 1 atom stereocenters. The summed E-state index contributed by atoms with van der Waals surface area (Å²) in [5.74, 6) is 1.83. The van der Waals surface area contributed by atoms with E-state index < -0.39 is 0 Å². The minimum Gasteiger partial charge on any atom is -0.346 e. The second kappa shape index (κ2) is 6.09. The molecule has 2 aromatic rings. The fourth-order valence-corrected chi connectivity index (χ4v) is 3.84. The minimum absolute atomic E-state index is 0.0822. The van der Waals surface area contributed by atoms with E-state index in [4.69, 9.17) is 0 Å². The highest BCUT2D eigenvalue weighted by atomic mass is 32.1. The van der Waals surface area contributed by atoms with Gasteiger partial charge in [-0.2, -0.15) is 0 Å². The Morgan fingerprint density at radius 2 is 2.30 bits per heavy atom. The Hall–Kier alpha value is -1.66. The van der Waals surface area contributed by atoms with Crippen molar-refractivity contribution in [3.8, 4) is 0 Å². The van der Waals surface area contributed by atoms with Gasteiger partial charge in [0, 0.05) is 30.7 Å². The second-order valence-electron chi connectivity index (χ2n) is 6.55. The van der Waals surface area contributed by atoms with Crippen LogP contribution in [0.1, 0.15) is 47.0 Å². The van der Waals surface area contributed by atoms with Gasteiger partial charge in [0.05, 0.1) is 12.6 Å². The Bertz CT molecular complexity index is 690. The fraction of sp³-hybridized carbons (Fsp3) is 0.529. The molecule has 0 bridgehead atoms. The van der Waals surface area contributed by atoms with E-state index in [0.29, 0.717) is 18.3 Å². The van der Waals surface area contributed by atoms with E-state index in [1.54, 1.807) is 11.3 Å². The standard InChI is InChI=1S/C17H22N4OS/c1-12-16-19-15(17(22)18-9-14-3-2-8-23-14)11-21(16)7-6-20(12)10-13-4-5-13/h2-3,8,11-13H,4-7,9-10H2,1H3,(H,18,22). The van der Waals surface area contributed by atoms with Gasteiger partial charge in [-0.25, -0.2) is 4.98 Å². The molecule has 0 spiro atoms. The summed E-state index contributed by atoms with van der Waals surface area (Å²) in [5.41, 5.74) is 0.539. The zero-order valence-electron chi connectivity index (χ0n) is 13.4. The topological polar surface area (TPSA) is 50.2 Å². The molecule has 1 aliphatic carbocycles. The first-order chi connectivity index (χ1) is 11.2. The number of rotatable bonds is 5. The predicted molar refractivity (Wildman–Crippen MR) is 90.4 cm³/mol. The van der Waals surface area contributed by atoms with E-state index in [1.165, 1.54) is 19.4 Å². The number of hydrogen-bond donors (Lipinski definition) is 1. The smallest absolute Gasteiger partial charge is 0.271 e. The van der Waals surface area contributed by atoms with Crippen molar-refractivity contribution in [1.82, 2.24) is 19.8 Å². The third kappa shape index (κ3) is 3.19. The number of hydrogen-bond acceptors (Lipinski definition) is 4. The van der Waals surface area contributed by atoms with Crippen LogP contribution in [0.25, 0.3) is 0 Å². The molecule has 1 N–H and O–H groups in total. The average Bonchev–Trinajstić information content (AvgIpc) is 3.04. The Labute approximate surface area is 140 Å². The van der Waals surface area contributed by atoms with Crippen molar-refractivity contribution >= 4 is 17.2 Å². The first-order valence-electron chi connectivity index (χ1n) is 8.32. The third-order valence-electron chi connectivity index (χ3n) is 4.78. The van der Waals surface area contributed by atoms with Crippen LogP contribution < -0.4 is 5.32 Å². The molecule has 0 aromatic carbocycles. The minimum atomic E-state index is -0.0822. The van der Waals surface area contributed by atoms with Gasteiger partial charge in [0.1, 0.15) is 11.5 Å². The number of carbonyl (C=O) groups excluding carboxylic acids is 1. The number of aromatic nitrogens is 2. The first kappa shape index (κ1) is 14.9. The molecule has 0 saturated heterocycles. The summed E-state index contributed by atoms with van der Waals surface area (Å²) in [4.78, 5) is 20.6. The molecule has 1 unspecified atom stereocenters. The molecule has 0 radical (unpaired) electrons. The van der Waals surface area contributed by atoms with E-state index in [9.17, 15) is 4.79 Å². The molecule has 1 fully saturated rings. The van der Waals surface area contributed by atoms with Gasteiger partial charge >= 0.3 is 0 Å². The monoisotopic (exact) mass is 330 g/mol. The highest BCUT2D eigenvalue weighted by molar-refractivity contribution is 7.09. The van der Waals surface area contributed by atoms with Crippen molar-refractivity contribution in [3.63, 3.8) is 0 Å². The van der Waals surface area contributed by atoms with Gasteiger partial charge in [-0.3, -0.25) is 9.69 Å². The zero-order valence-corrected chi connectivity index (χ0v) is 14.2. The van der Waals surface area contributed by atoms with Crippen LogP contribution in [0, 0.1) is 5.92 Å². The van der Waals surface area contributed by atoms with E-state index in [1.807, 2.05) is 23.7 Å². The zero-order chi connectivity index (χ0) is 15.8.